The second-order valence-electron chi connectivity index (χ2n) is 5.42. The third-order valence-electron chi connectivity index (χ3n) is 4.00. The number of nitrogens with zero attached hydrogens (tertiary/aromatic N) is 1. The number of benzene rings is 1. The van der Waals surface area contributed by atoms with Crippen molar-refractivity contribution in [3.05, 3.63) is 47.7 Å². The number of aliphatic carboxylic acids is 1. The fourth-order valence-corrected chi connectivity index (χ4v) is 2.82. The van der Waals surface area contributed by atoms with E-state index < -0.39 is 5.97 Å². The van der Waals surface area contributed by atoms with Crippen LogP contribution in [-0.4, -0.2) is 23.2 Å². The Kier molecular flexibility index (Phi) is 3.37. The van der Waals surface area contributed by atoms with Gasteiger partial charge in [0.25, 0.3) is 0 Å². The van der Waals surface area contributed by atoms with Gasteiger partial charge in [-0.25, -0.2) is 4.98 Å². The van der Waals surface area contributed by atoms with Crippen LogP contribution in [0.5, 0.6) is 5.88 Å². The normalized spacial score (nSPS) is 20.1. The van der Waals surface area contributed by atoms with E-state index in [9.17, 15) is 4.79 Å². The smallest absolute Gasteiger partial charge is 0.307 e. The Morgan fingerprint density at radius 1 is 1.38 bits per heavy atom. The quantitative estimate of drug-likeness (QED) is 0.935. The van der Waals surface area contributed by atoms with Crippen LogP contribution in [0.4, 0.5) is 0 Å². The average Bonchev–Trinajstić information content (AvgIpc) is 3.28. The molecule has 1 aromatic heterocycles. The van der Waals surface area contributed by atoms with Crippen LogP contribution in [-0.2, 0) is 4.79 Å². The zero-order valence-corrected chi connectivity index (χ0v) is 12.0. The maximum Gasteiger partial charge on any atom is 0.307 e. The fourth-order valence-electron chi connectivity index (χ4n) is 2.82. The van der Waals surface area contributed by atoms with Gasteiger partial charge in [0.05, 0.1) is 13.0 Å². The summed E-state index contributed by atoms with van der Waals surface area (Å²) >= 11 is 0. The molecule has 1 aliphatic rings. The van der Waals surface area contributed by atoms with E-state index in [-0.39, 0.29) is 11.8 Å². The number of aromatic nitrogens is 1. The highest BCUT2D eigenvalue weighted by atomic mass is 16.5. The van der Waals surface area contributed by atoms with Gasteiger partial charge in [-0.2, -0.15) is 0 Å². The third kappa shape index (κ3) is 2.49. The van der Waals surface area contributed by atoms with Crippen LogP contribution in [0.1, 0.15) is 23.5 Å². The summed E-state index contributed by atoms with van der Waals surface area (Å²) in [6, 6.07) is 10.00. The number of carbonyl (C=O) groups is 1. The summed E-state index contributed by atoms with van der Waals surface area (Å²) < 4.78 is 5.19. The van der Waals surface area contributed by atoms with Gasteiger partial charge in [-0.05, 0) is 36.5 Å². The molecule has 3 rings (SSSR count). The van der Waals surface area contributed by atoms with E-state index in [0.717, 1.165) is 28.7 Å². The van der Waals surface area contributed by atoms with Gasteiger partial charge in [-0.3, -0.25) is 4.79 Å². The van der Waals surface area contributed by atoms with Crippen LogP contribution >= 0.6 is 0 Å². The van der Waals surface area contributed by atoms with Gasteiger partial charge < -0.3 is 9.84 Å². The van der Waals surface area contributed by atoms with E-state index in [4.69, 9.17) is 9.84 Å². The number of methoxy groups -OCH3 is 1. The zero-order valence-electron chi connectivity index (χ0n) is 12.0. The monoisotopic (exact) mass is 283 g/mol. The number of carboxylic acid groups (broad SMARTS) is 1. The highest BCUT2D eigenvalue weighted by Crippen LogP contribution is 2.50. The minimum Gasteiger partial charge on any atom is -0.481 e. The van der Waals surface area contributed by atoms with Crippen molar-refractivity contribution in [1.29, 1.82) is 0 Å². The molecular formula is C17H17NO3. The topological polar surface area (TPSA) is 59.4 Å². The predicted octanol–water partition coefficient (Wildman–Crippen LogP) is 3.25. The lowest BCUT2D eigenvalue weighted by Crippen LogP contribution is -2.00. The van der Waals surface area contributed by atoms with E-state index in [0.29, 0.717) is 5.88 Å². The number of carboxylic acids is 1. The molecule has 1 aromatic carbocycles. The van der Waals surface area contributed by atoms with Crippen molar-refractivity contribution in [2.24, 2.45) is 5.92 Å². The van der Waals surface area contributed by atoms with Crippen molar-refractivity contribution in [2.75, 3.05) is 7.11 Å². The molecule has 1 saturated carbocycles. The molecule has 1 fully saturated rings. The average molecular weight is 283 g/mol. The Morgan fingerprint density at radius 2 is 2.14 bits per heavy atom. The first-order chi connectivity index (χ1) is 10.1. The minimum absolute atomic E-state index is 0.112. The maximum absolute atomic E-state index is 11.1. The number of aryl methyl sites for hydroxylation is 1. The molecule has 0 saturated heterocycles. The van der Waals surface area contributed by atoms with E-state index in [1.54, 1.807) is 13.3 Å². The van der Waals surface area contributed by atoms with Crippen LogP contribution in [0.25, 0.3) is 11.1 Å². The molecule has 21 heavy (non-hydrogen) atoms. The van der Waals surface area contributed by atoms with E-state index in [1.807, 2.05) is 37.3 Å². The van der Waals surface area contributed by atoms with Gasteiger partial charge in [-0.1, -0.05) is 24.3 Å². The van der Waals surface area contributed by atoms with Crippen molar-refractivity contribution >= 4 is 5.97 Å². The van der Waals surface area contributed by atoms with Crippen LogP contribution in [0.3, 0.4) is 0 Å². The first-order valence-electron chi connectivity index (χ1n) is 6.94. The molecule has 0 bridgehead atoms. The van der Waals surface area contributed by atoms with Crippen molar-refractivity contribution < 1.29 is 14.6 Å². The minimum atomic E-state index is -0.709. The molecule has 4 heteroatoms. The first-order valence-corrected chi connectivity index (χ1v) is 6.94. The first kappa shape index (κ1) is 13.6. The van der Waals surface area contributed by atoms with Crippen LogP contribution in [0.15, 0.2) is 36.5 Å². The summed E-state index contributed by atoms with van der Waals surface area (Å²) in [7, 11) is 1.60. The molecule has 4 nitrogen and oxygen atoms in total. The molecule has 0 amide bonds. The maximum atomic E-state index is 11.1. The van der Waals surface area contributed by atoms with Gasteiger partial charge in [-0.15, -0.1) is 0 Å². The predicted molar refractivity (Wildman–Crippen MR) is 79.4 cm³/mol. The molecule has 1 heterocycles. The summed E-state index contributed by atoms with van der Waals surface area (Å²) in [5.74, 6) is -0.232. The highest BCUT2D eigenvalue weighted by molar-refractivity contribution is 5.78. The summed E-state index contributed by atoms with van der Waals surface area (Å²) in [5.41, 5.74) is 4.12. The van der Waals surface area contributed by atoms with E-state index in [2.05, 4.69) is 4.98 Å². The molecule has 0 radical (unpaired) electrons. The van der Waals surface area contributed by atoms with Gasteiger partial charge in [0, 0.05) is 17.3 Å². The summed E-state index contributed by atoms with van der Waals surface area (Å²) in [6.45, 7) is 1.95. The molecule has 0 unspecified atom stereocenters. The molecule has 2 aromatic rings. The summed E-state index contributed by atoms with van der Waals surface area (Å²) in [4.78, 5) is 15.4. The number of hydrogen-bond donors (Lipinski definition) is 1. The van der Waals surface area contributed by atoms with Gasteiger partial charge in [0.15, 0.2) is 0 Å². The summed E-state index contributed by atoms with van der Waals surface area (Å²) in [6.07, 6.45) is 2.50. The Labute approximate surface area is 123 Å². The lowest BCUT2D eigenvalue weighted by molar-refractivity contribution is -0.138. The Balaban J connectivity index is 2.00. The molecule has 0 spiro atoms. The molecule has 2 atom stereocenters. The van der Waals surface area contributed by atoms with Crippen molar-refractivity contribution in [3.63, 3.8) is 0 Å². The SMILES string of the molecule is COc1ncc(-c2ccccc2[C@@H]2C[C@H]2C(=O)O)cc1C. The second-order valence-corrected chi connectivity index (χ2v) is 5.42. The van der Waals surface area contributed by atoms with E-state index >= 15 is 0 Å². The Bertz CT molecular complexity index is 696. The van der Waals surface area contributed by atoms with Gasteiger partial charge >= 0.3 is 5.97 Å². The number of rotatable bonds is 4. The molecule has 1 N–H and O–H groups in total. The Morgan fingerprint density at radius 3 is 2.76 bits per heavy atom. The fraction of sp³-hybridized carbons (Fsp3) is 0.294. The highest BCUT2D eigenvalue weighted by Gasteiger charge is 2.45. The van der Waals surface area contributed by atoms with Crippen LogP contribution in [0, 0.1) is 12.8 Å². The number of hydrogen-bond acceptors (Lipinski definition) is 3. The molecule has 0 aliphatic heterocycles. The lowest BCUT2D eigenvalue weighted by Gasteiger charge is -2.11. The molecule has 108 valence electrons. The summed E-state index contributed by atoms with van der Waals surface area (Å²) in [5, 5.41) is 9.13. The standard InChI is InChI=1S/C17H17NO3/c1-10-7-11(9-18-16(10)21-2)12-5-3-4-6-13(12)14-8-15(14)17(19)20/h3-7,9,14-15H,8H2,1-2H3,(H,19,20)/t14-,15+/m0/s1. The van der Waals surface area contributed by atoms with Gasteiger partial charge in [0.2, 0.25) is 5.88 Å². The van der Waals surface area contributed by atoms with Crippen molar-refractivity contribution in [1.82, 2.24) is 4.98 Å². The molecule has 1 aliphatic carbocycles. The lowest BCUT2D eigenvalue weighted by atomic mass is 9.96. The van der Waals surface area contributed by atoms with Gasteiger partial charge in [0.1, 0.15) is 0 Å². The number of pyridine rings is 1. The van der Waals surface area contributed by atoms with E-state index in [1.165, 1.54) is 0 Å². The largest absolute Gasteiger partial charge is 0.481 e. The van der Waals surface area contributed by atoms with Crippen LogP contribution < -0.4 is 4.74 Å². The number of ether oxygens (including phenoxy) is 1. The second kappa shape index (κ2) is 5.20. The third-order valence-corrected chi connectivity index (χ3v) is 4.00. The van der Waals surface area contributed by atoms with Crippen molar-refractivity contribution in [2.45, 2.75) is 19.3 Å². The van der Waals surface area contributed by atoms with Crippen LogP contribution in [0.2, 0.25) is 0 Å². The van der Waals surface area contributed by atoms with Crippen molar-refractivity contribution in [3.8, 4) is 17.0 Å². The zero-order chi connectivity index (χ0) is 15.0. The molecular weight excluding hydrogens is 266 g/mol. The Hall–Kier alpha value is -2.36.